The van der Waals surface area contributed by atoms with Crippen molar-refractivity contribution < 1.29 is 18.7 Å². The number of aryl methyl sites for hydroxylation is 1. The lowest BCUT2D eigenvalue weighted by atomic mass is 9.82. The lowest BCUT2D eigenvalue weighted by molar-refractivity contribution is -0.130. The van der Waals surface area contributed by atoms with Gasteiger partial charge in [0.2, 0.25) is 5.91 Å². The van der Waals surface area contributed by atoms with Gasteiger partial charge >= 0.3 is 0 Å². The molecular weight excluding hydrogens is 323 g/mol. The van der Waals surface area contributed by atoms with Crippen LogP contribution in [0.2, 0.25) is 0 Å². The molecular formula is C19H23FN2O3. The van der Waals surface area contributed by atoms with Crippen LogP contribution in [0.4, 0.5) is 4.39 Å². The molecule has 0 spiro atoms. The first-order valence-corrected chi connectivity index (χ1v) is 8.63. The van der Waals surface area contributed by atoms with Crippen LogP contribution in [0, 0.1) is 24.1 Å². The second kappa shape index (κ2) is 6.11. The van der Waals surface area contributed by atoms with Gasteiger partial charge in [0.15, 0.2) is 0 Å². The highest BCUT2D eigenvalue weighted by atomic mass is 19.1. The Kier molecular flexibility index (Phi) is 4.04. The van der Waals surface area contributed by atoms with Gasteiger partial charge < -0.3 is 19.4 Å². The molecule has 1 N–H and O–H groups in total. The zero-order valence-corrected chi connectivity index (χ0v) is 14.6. The van der Waals surface area contributed by atoms with Crippen LogP contribution in [0.25, 0.3) is 10.9 Å². The molecule has 134 valence electrons. The molecule has 0 saturated carbocycles. The number of H-pyrrole nitrogens is 1. The van der Waals surface area contributed by atoms with Crippen molar-refractivity contribution in [3.05, 3.63) is 35.3 Å². The largest absolute Gasteiger partial charge is 0.384 e. The van der Waals surface area contributed by atoms with Crippen LogP contribution in [-0.2, 0) is 20.7 Å². The zero-order chi connectivity index (χ0) is 17.6. The van der Waals surface area contributed by atoms with Crippen molar-refractivity contribution in [1.29, 1.82) is 0 Å². The summed E-state index contributed by atoms with van der Waals surface area (Å²) in [5.41, 5.74) is 2.59. The second-order valence-corrected chi connectivity index (χ2v) is 7.38. The molecule has 3 heterocycles. The maximum Gasteiger partial charge on any atom is 0.227 e. The van der Waals surface area contributed by atoms with Gasteiger partial charge in [0.25, 0.3) is 0 Å². The highest BCUT2D eigenvalue weighted by Gasteiger charge is 2.51. The quantitative estimate of drug-likeness (QED) is 0.924. The first-order valence-electron chi connectivity index (χ1n) is 8.63. The lowest BCUT2D eigenvalue weighted by Gasteiger charge is -2.26. The van der Waals surface area contributed by atoms with Gasteiger partial charge in [-0.05, 0) is 30.7 Å². The molecule has 4 rings (SSSR count). The van der Waals surface area contributed by atoms with E-state index in [0.29, 0.717) is 38.8 Å². The number of ether oxygens (including phenoxy) is 2. The summed E-state index contributed by atoms with van der Waals surface area (Å²) in [5.74, 6) is 0.128. The number of hydrogen-bond acceptors (Lipinski definition) is 3. The Hall–Kier alpha value is -1.92. The number of aromatic amines is 1. The Morgan fingerprint density at radius 2 is 2.36 bits per heavy atom. The van der Waals surface area contributed by atoms with Crippen LogP contribution in [0.3, 0.4) is 0 Å². The van der Waals surface area contributed by atoms with E-state index in [1.807, 2.05) is 11.8 Å². The smallest absolute Gasteiger partial charge is 0.227 e. The molecule has 0 aliphatic carbocycles. The molecule has 1 amide bonds. The number of amides is 1. The molecule has 0 unspecified atom stereocenters. The number of rotatable bonds is 4. The van der Waals surface area contributed by atoms with Gasteiger partial charge in [-0.1, -0.05) is 0 Å². The number of carbonyl (C=O) groups is 1. The molecule has 1 aromatic heterocycles. The SMILES string of the molecule is COC[C@@]12COC[C@@H]1CN(C(=O)Cc1c(C)[nH]c3ccc(F)cc13)C2. The Labute approximate surface area is 146 Å². The van der Waals surface area contributed by atoms with Gasteiger partial charge in [-0.2, -0.15) is 0 Å². The predicted octanol–water partition coefficient (Wildman–Crippen LogP) is 2.28. The number of hydrogen-bond donors (Lipinski definition) is 1. The number of likely N-dealkylation sites (tertiary alicyclic amines) is 1. The van der Waals surface area contributed by atoms with E-state index in [9.17, 15) is 9.18 Å². The van der Waals surface area contributed by atoms with E-state index >= 15 is 0 Å². The van der Waals surface area contributed by atoms with Crippen LogP contribution in [0.5, 0.6) is 0 Å². The molecule has 5 nitrogen and oxygen atoms in total. The van der Waals surface area contributed by atoms with Gasteiger partial charge in [0, 0.05) is 48.1 Å². The Morgan fingerprint density at radius 3 is 3.16 bits per heavy atom. The first-order chi connectivity index (χ1) is 12.0. The van der Waals surface area contributed by atoms with Crippen molar-refractivity contribution in [2.45, 2.75) is 13.3 Å². The molecule has 2 aromatic rings. The molecule has 1 aromatic carbocycles. The van der Waals surface area contributed by atoms with Crippen molar-refractivity contribution in [2.75, 3.05) is 40.0 Å². The van der Waals surface area contributed by atoms with Gasteiger partial charge in [-0.3, -0.25) is 4.79 Å². The molecule has 2 aliphatic rings. The Bertz CT molecular complexity index is 818. The average Bonchev–Trinajstić information content (AvgIpc) is 3.19. The summed E-state index contributed by atoms with van der Waals surface area (Å²) < 4.78 is 24.6. The number of benzene rings is 1. The summed E-state index contributed by atoms with van der Waals surface area (Å²) >= 11 is 0. The van der Waals surface area contributed by atoms with E-state index in [1.165, 1.54) is 12.1 Å². The summed E-state index contributed by atoms with van der Waals surface area (Å²) in [6.07, 6.45) is 0.284. The summed E-state index contributed by atoms with van der Waals surface area (Å²) in [7, 11) is 1.69. The van der Waals surface area contributed by atoms with E-state index in [4.69, 9.17) is 9.47 Å². The van der Waals surface area contributed by atoms with Crippen LogP contribution in [-0.4, -0.2) is 55.8 Å². The van der Waals surface area contributed by atoms with Gasteiger partial charge in [0.1, 0.15) is 5.82 Å². The summed E-state index contributed by atoms with van der Waals surface area (Å²) in [6.45, 7) is 5.24. The monoisotopic (exact) mass is 346 g/mol. The van der Waals surface area contributed by atoms with E-state index < -0.39 is 0 Å². The first kappa shape index (κ1) is 16.5. The van der Waals surface area contributed by atoms with Gasteiger partial charge in [0.05, 0.1) is 26.2 Å². The third-order valence-electron chi connectivity index (χ3n) is 5.72. The fourth-order valence-electron chi connectivity index (χ4n) is 4.36. The van der Waals surface area contributed by atoms with Crippen molar-refractivity contribution in [1.82, 2.24) is 9.88 Å². The maximum absolute atomic E-state index is 13.6. The molecule has 2 aliphatic heterocycles. The van der Waals surface area contributed by atoms with E-state index in [2.05, 4.69) is 4.98 Å². The fraction of sp³-hybridized carbons (Fsp3) is 0.526. The highest BCUT2D eigenvalue weighted by Crippen LogP contribution is 2.41. The zero-order valence-electron chi connectivity index (χ0n) is 14.6. The van der Waals surface area contributed by atoms with E-state index in [-0.39, 0.29) is 23.6 Å². The number of fused-ring (bicyclic) bond motifs is 2. The number of aromatic nitrogens is 1. The molecule has 2 fully saturated rings. The Balaban J connectivity index is 1.55. The van der Waals surface area contributed by atoms with Crippen LogP contribution < -0.4 is 0 Å². The highest BCUT2D eigenvalue weighted by molar-refractivity contribution is 5.90. The molecule has 0 radical (unpaired) electrons. The number of carbonyl (C=O) groups excluding carboxylic acids is 1. The number of nitrogens with zero attached hydrogens (tertiary/aromatic N) is 1. The number of nitrogens with one attached hydrogen (secondary N) is 1. The average molecular weight is 346 g/mol. The molecule has 6 heteroatoms. The fourth-order valence-corrected chi connectivity index (χ4v) is 4.36. The molecule has 2 saturated heterocycles. The van der Waals surface area contributed by atoms with Crippen LogP contribution in [0.15, 0.2) is 18.2 Å². The molecule has 25 heavy (non-hydrogen) atoms. The normalized spacial score (nSPS) is 25.7. The van der Waals surface area contributed by atoms with Crippen molar-refractivity contribution in [3.8, 4) is 0 Å². The minimum absolute atomic E-state index is 0.0776. The van der Waals surface area contributed by atoms with Crippen molar-refractivity contribution in [2.24, 2.45) is 11.3 Å². The second-order valence-electron chi connectivity index (χ2n) is 7.38. The van der Waals surface area contributed by atoms with E-state index in [1.54, 1.807) is 13.2 Å². The Morgan fingerprint density at radius 1 is 1.52 bits per heavy atom. The van der Waals surface area contributed by atoms with Gasteiger partial charge in [-0.15, -0.1) is 0 Å². The summed E-state index contributed by atoms with van der Waals surface area (Å²) in [5, 5.41) is 0.792. The third-order valence-corrected chi connectivity index (χ3v) is 5.72. The van der Waals surface area contributed by atoms with E-state index in [0.717, 1.165) is 22.2 Å². The van der Waals surface area contributed by atoms with Gasteiger partial charge in [-0.25, -0.2) is 4.39 Å². The lowest BCUT2D eigenvalue weighted by Crippen LogP contribution is -2.37. The predicted molar refractivity (Wildman–Crippen MR) is 91.9 cm³/mol. The third kappa shape index (κ3) is 2.73. The summed E-state index contributed by atoms with van der Waals surface area (Å²) in [6, 6.07) is 4.65. The minimum Gasteiger partial charge on any atom is -0.384 e. The van der Waals surface area contributed by atoms with Crippen molar-refractivity contribution in [3.63, 3.8) is 0 Å². The number of methoxy groups -OCH3 is 1. The topological polar surface area (TPSA) is 54.6 Å². The van der Waals surface area contributed by atoms with Crippen LogP contribution >= 0.6 is 0 Å². The number of halogens is 1. The van der Waals surface area contributed by atoms with Crippen molar-refractivity contribution >= 4 is 16.8 Å². The molecule has 0 bridgehead atoms. The maximum atomic E-state index is 13.6. The standard InChI is InChI=1S/C19H23FN2O3/c1-12-15(16-5-14(20)3-4-17(16)21-12)6-18(23)22-7-13-8-25-11-19(13,9-22)10-24-2/h3-5,13,21H,6-11H2,1-2H3/t13-,19-/m0/s1. The minimum atomic E-state index is -0.285. The molecule has 2 atom stereocenters. The summed E-state index contributed by atoms with van der Waals surface area (Å²) in [4.78, 5) is 18.1. The van der Waals surface area contributed by atoms with Crippen LogP contribution in [0.1, 0.15) is 11.3 Å².